The number of likely N-dealkylation sites (tertiary alicyclic amines) is 1. The Morgan fingerprint density at radius 2 is 1.94 bits per heavy atom. The minimum absolute atomic E-state index is 0.306. The Hall–Kier alpha value is -2.77. The maximum atomic E-state index is 5.97. The lowest BCUT2D eigenvalue weighted by Crippen LogP contribution is -2.42. The van der Waals surface area contributed by atoms with Crippen molar-refractivity contribution in [1.82, 2.24) is 14.9 Å². The fraction of sp³-hybridized carbons (Fsp3) is 0.320. The van der Waals surface area contributed by atoms with Crippen molar-refractivity contribution in [2.45, 2.75) is 37.8 Å². The molecule has 2 aliphatic rings. The van der Waals surface area contributed by atoms with Crippen LogP contribution >= 0.6 is 15.9 Å². The third-order valence-corrected chi connectivity index (χ3v) is 7.22. The van der Waals surface area contributed by atoms with Gasteiger partial charge in [0.05, 0.1) is 23.4 Å². The van der Waals surface area contributed by atoms with E-state index in [4.69, 9.17) is 21.4 Å². The van der Waals surface area contributed by atoms with E-state index in [1.165, 1.54) is 11.1 Å². The molecule has 0 spiro atoms. The average Bonchev–Trinajstić information content (AvgIpc) is 3.23. The number of aromatic nitrogens is 2. The van der Waals surface area contributed by atoms with E-state index in [-0.39, 0.29) is 0 Å². The Balaban J connectivity index is 1.21. The molecule has 164 valence electrons. The van der Waals surface area contributed by atoms with E-state index < -0.39 is 0 Å². The Kier molecular flexibility index (Phi) is 5.93. The number of nitrogens with zero attached hydrogens (tertiary/aromatic N) is 4. The molecule has 0 bridgehead atoms. The number of anilines is 1. The molecule has 3 aromatic rings. The molecule has 1 aliphatic heterocycles. The second-order valence-electron chi connectivity index (χ2n) is 8.62. The maximum Gasteiger partial charge on any atom is 0.104 e. The molecule has 0 radical (unpaired) electrons. The summed E-state index contributed by atoms with van der Waals surface area (Å²) in [6.45, 7) is 2.14. The topological polar surface area (TPSA) is 93.4 Å². The van der Waals surface area contributed by atoms with Crippen LogP contribution in [0.5, 0.6) is 0 Å². The fourth-order valence-corrected chi connectivity index (χ4v) is 5.24. The van der Waals surface area contributed by atoms with Gasteiger partial charge in [0.15, 0.2) is 0 Å². The molecule has 7 heteroatoms. The Labute approximate surface area is 196 Å². The summed E-state index contributed by atoms with van der Waals surface area (Å²) in [5, 5.41) is 0. The normalized spacial score (nSPS) is 20.3. The number of nitrogen functional groups attached to an aromatic ring is 1. The summed E-state index contributed by atoms with van der Waals surface area (Å²) in [5.74, 6) is 0. The highest BCUT2D eigenvalue weighted by atomic mass is 79.9. The summed E-state index contributed by atoms with van der Waals surface area (Å²) in [7, 11) is 0. The Morgan fingerprint density at radius 1 is 1.12 bits per heavy atom. The molecule has 1 aliphatic carbocycles. The lowest BCUT2D eigenvalue weighted by molar-refractivity contribution is 0.158. The predicted octanol–water partition coefficient (Wildman–Crippen LogP) is 3.98. The van der Waals surface area contributed by atoms with Gasteiger partial charge in [-0.15, -0.1) is 0 Å². The van der Waals surface area contributed by atoms with Gasteiger partial charge in [-0.25, -0.2) is 4.98 Å². The molecular weight excluding hydrogens is 464 g/mol. The molecule has 5 rings (SSSR count). The first-order valence-electron chi connectivity index (χ1n) is 11.1. The van der Waals surface area contributed by atoms with Crippen LogP contribution < -0.4 is 11.5 Å². The number of piperidine rings is 1. The molecule has 1 atom stereocenters. The molecule has 1 fully saturated rings. The fourth-order valence-electron chi connectivity index (χ4n) is 4.79. The van der Waals surface area contributed by atoms with Gasteiger partial charge in [0.25, 0.3) is 0 Å². The van der Waals surface area contributed by atoms with Gasteiger partial charge < -0.3 is 11.5 Å². The molecule has 0 saturated carbocycles. The summed E-state index contributed by atoms with van der Waals surface area (Å²) < 4.78 is 0.918. The Morgan fingerprint density at radius 3 is 2.75 bits per heavy atom. The number of rotatable bonds is 4. The molecule has 4 N–H and O–H groups in total. The molecule has 1 aromatic heterocycles. The van der Waals surface area contributed by atoms with Gasteiger partial charge in [-0.2, -0.15) is 0 Å². The summed E-state index contributed by atoms with van der Waals surface area (Å²) in [4.78, 5) is 16.7. The van der Waals surface area contributed by atoms with Crippen LogP contribution in [0, 0.1) is 0 Å². The number of hydrogen-bond donors (Lipinski definition) is 2. The summed E-state index contributed by atoms with van der Waals surface area (Å²) in [6.07, 6.45) is 9.52. The summed E-state index contributed by atoms with van der Waals surface area (Å²) in [6, 6.07) is 13.1. The maximum absolute atomic E-state index is 5.97. The minimum atomic E-state index is 0.306. The standard InChI is InChI=1S/C25H27BrN6/c26-22-2-1-3-23-25(22)31-24(15-30-23)18(13-27)14-29-20-6-8-32(9-7-20)21-11-16-4-5-19(28)10-17(16)12-21/h1-5,10,13-15,20-21H,6-9,11-12,27-28H2. The monoisotopic (exact) mass is 490 g/mol. The molecular formula is C25H27BrN6. The first-order chi connectivity index (χ1) is 15.6. The Bertz CT molecular complexity index is 1200. The highest BCUT2D eigenvalue weighted by Gasteiger charge is 2.29. The van der Waals surface area contributed by atoms with Gasteiger partial charge in [-0.05, 0) is 77.0 Å². The van der Waals surface area contributed by atoms with Crippen LogP contribution in [0.1, 0.15) is 29.7 Å². The van der Waals surface area contributed by atoms with Crippen LogP contribution in [0.4, 0.5) is 5.69 Å². The zero-order valence-electron chi connectivity index (χ0n) is 17.9. The van der Waals surface area contributed by atoms with Crippen molar-refractivity contribution >= 4 is 44.4 Å². The summed E-state index contributed by atoms with van der Waals surface area (Å²) >= 11 is 3.55. The van der Waals surface area contributed by atoms with Gasteiger partial charge in [-0.3, -0.25) is 14.9 Å². The van der Waals surface area contributed by atoms with Gasteiger partial charge in [0.2, 0.25) is 0 Å². The van der Waals surface area contributed by atoms with Gasteiger partial charge in [-0.1, -0.05) is 12.1 Å². The molecule has 0 amide bonds. The largest absolute Gasteiger partial charge is 0.404 e. The molecule has 2 aromatic carbocycles. The SMILES string of the molecule is NC=C(C=NC1CCN(C2Cc3ccc(N)cc3C2)CC1)c1cnc2cccc(Br)c2n1. The van der Waals surface area contributed by atoms with E-state index in [1.54, 1.807) is 12.4 Å². The third kappa shape index (κ3) is 4.27. The highest BCUT2D eigenvalue weighted by molar-refractivity contribution is 9.10. The number of benzene rings is 2. The first-order valence-corrected chi connectivity index (χ1v) is 11.9. The number of allylic oxidation sites excluding steroid dienone is 1. The number of aliphatic imine (C=N–C) groups is 1. The van der Waals surface area contributed by atoms with E-state index in [0.717, 1.165) is 71.2 Å². The number of para-hydroxylation sites is 1. The number of nitrogens with two attached hydrogens (primary N) is 2. The van der Waals surface area contributed by atoms with E-state index >= 15 is 0 Å². The third-order valence-electron chi connectivity index (χ3n) is 6.58. The van der Waals surface area contributed by atoms with Crippen LogP contribution in [0.15, 0.2) is 58.3 Å². The van der Waals surface area contributed by atoms with Crippen LogP contribution in [0.2, 0.25) is 0 Å². The van der Waals surface area contributed by atoms with Crippen LogP contribution in [-0.2, 0) is 12.8 Å². The van der Waals surface area contributed by atoms with E-state index in [2.05, 4.69) is 37.9 Å². The number of fused-ring (bicyclic) bond motifs is 2. The van der Waals surface area contributed by atoms with Crippen molar-refractivity contribution < 1.29 is 0 Å². The second-order valence-corrected chi connectivity index (χ2v) is 9.47. The molecule has 32 heavy (non-hydrogen) atoms. The van der Waals surface area contributed by atoms with Gasteiger partial charge in [0.1, 0.15) is 5.52 Å². The molecule has 6 nitrogen and oxygen atoms in total. The average molecular weight is 491 g/mol. The van der Waals surface area contributed by atoms with Crippen LogP contribution in [0.3, 0.4) is 0 Å². The molecule has 2 heterocycles. The lowest BCUT2D eigenvalue weighted by atomic mass is 10.0. The van der Waals surface area contributed by atoms with Crippen molar-refractivity contribution in [3.05, 3.63) is 70.1 Å². The minimum Gasteiger partial charge on any atom is -0.404 e. The highest BCUT2D eigenvalue weighted by Crippen LogP contribution is 2.29. The van der Waals surface area contributed by atoms with E-state index in [1.807, 2.05) is 30.5 Å². The van der Waals surface area contributed by atoms with Crippen molar-refractivity contribution in [2.75, 3.05) is 18.8 Å². The molecule has 1 saturated heterocycles. The van der Waals surface area contributed by atoms with Crippen LogP contribution in [0.25, 0.3) is 16.6 Å². The summed E-state index contributed by atoms with van der Waals surface area (Å²) in [5.41, 5.74) is 18.8. The zero-order chi connectivity index (χ0) is 22.1. The predicted molar refractivity (Wildman–Crippen MR) is 135 cm³/mol. The first kappa shape index (κ1) is 21.1. The number of hydrogen-bond acceptors (Lipinski definition) is 6. The van der Waals surface area contributed by atoms with Crippen LogP contribution in [-0.4, -0.2) is 46.3 Å². The van der Waals surface area contributed by atoms with Crippen molar-refractivity contribution in [2.24, 2.45) is 10.7 Å². The smallest absolute Gasteiger partial charge is 0.104 e. The van der Waals surface area contributed by atoms with Crippen molar-refractivity contribution in [3.63, 3.8) is 0 Å². The lowest BCUT2D eigenvalue weighted by Gasteiger charge is -2.34. The second kappa shape index (κ2) is 9.00. The van der Waals surface area contributed by atoms with Gasteiger partial charge >= 0.3 is 0 Å². The van der Waals surface area contributed by atoms with E-state index in [0.29, 0.717) is 12.1 Å². The van der Waals surface area contributed by atoms with Gasteiger partial charge in [0, 0.05) is 47.3 Å². The quantitative estimate of drug-likeness (QED) is 0.426. The number of halogens is 1. The van der Waals surface area contributed by atoms with Crippen molar-refractivity contribution in [1.29, 1.82) is 0 Å². The zero-order valence-corrected chi connectivity index (χ0v) is 19.5. The molecule has 1 unspecified atom stereocenters. The van der Waals surface area contributed by atoms with Crippen molar-refractivity contribution in [3.8, 4) is 0 Å². The van der Waals surface area contributed by atoms with E-state index in [9.17, 15) is 0 Å².